The van der Waals surface area contributed by atoms with Crippen molar-refractivity contribution >= 4 is 11.3 Å². The number of nitrogens with two attached hydrogens (primary N) is 1. The molecular formula is C6H8CsNS. The maximum absolute atomic E-state index is 5.25. The van der Waals surface area contributed by atoms with Gasteiger partial charge in [-0.1, -0.05) is 0 Å². The Kier molecular flexibility index (Phi) is 6.19. The number of hydrogen-bond acceptors (Lipinski definition) is 2. The third-order valence-corrected chi connectivity index (χ3v) is 1.89. The van der Waals surface area contributed by atoms with Crippen molar-refractivity contribution in [3.05, 3.63) is 28.4 Å². The monoisotopic (exact) mass is 259 g/mol. The molecule has 0 atom stereocenters. The fourth-order valence-electron chi connectivity index (χ4n) is 0.543. The van der Waals surface area contributed by atoms with Crippen molar-refractivity contribution in [1.82, 2.24) is 0 Å². The molecule has 0 aliphatic rings. The van der Waals surface area contributed by atoms with Crippen LogP contribution in [0.15, 0.2) is 12.1 Å². The SMILES string of the molecule is Cc1ccc([CH-]N)s1.[Cs+]. The van der Waals surface area contributed by atoms with Crippen LogP contribution in [0.25, 0.3) is 0 Å². The average Bonchev–Trinajstić information content (AvgIpc) is 2.14. The van der Waals surface area contributed by atoms with Gasteiger partial charge in [0.05, 0.1) is 0 Å². The molecule has 0 aliphatic carbocycles. The zero-order valence-corrected chi connectivity index (χ0v) is 12.8. The van der Waals surface area contributed by atoms with Crippen molar-refractivity contribution in [1.29, 1.82) is 0 Å². The third kappa shape index (κ3) is 3.48. The van der Waals surface area contributed by atoms with Crippen molar-refractivity contribution in [3.8, 4) is 0 Å². The molecular weight excluding hydrogens is 251 g/mol. The third-order valence-electron chi connectivity index (χ3n) is 0.925. The van der Waals surface area contributed by atoms with Crippen LogP contribution in [0.5, 0.6) is 0 Å². The summed E-state index contributed by atoms with van der Waals surface area (Å²) in [5, 5.41) is 0. The van der Waals surface area contributed by atoms with Gasteiger partial charge in [0.25, 0.3) is 0 Å². The second-order valence-electron chi connectivity index (χ2n) is 1.62. The van der Waals surface area contributed by atoms with E-state index in [-0.39, 0.29) is 68.9 Å². The Hall–Kier alpha value is 1.58. The first-order valence-corrected chi connectivity index (χ1v) is 3.26. The van der Waals surface area contributed by atoms with Gasteiger partial charge in [-0.2, -0.15) is 23.9 Å². The summed E-state index contributed by atoms with van der Waals surface area (Å²) in [5.41, 5.74) is 5.25. The molecule has 1 aromatic heterocycles. The molecule has 0 aromatic carbocycles. The number of thiophene rings is 1. The summed E-state index contributed by atoms with van der Waals surface area (Å²) in [6, 6.07) is 4.07. The fourth-order valence-corrected chi connectivity index (χ4v) is 1.25. The minimum Gasteiger partial charge on any atom is -0.386 e. The molecule has 1 aromatic rings. The molecule has 2 N–H and O–H groups in total. The number of rotatable bonds is 1. The Balaban J connectivity index is 0.000000640. The van der Waals surface area contributed by atoms with Crippen molar-refractivity contribution in [3.63, 3.8) is 0 Å². The van der Waals surface area contributed by atoms with Crippen LogP contribution in [-0.2, 0) is 0 Å². The average molecular weight is 259 g/mol. The van der Waals surface area contributed by atoms with Crippen LogP contribution in [-0.4, -0.2) is 0 Å². The smallest absolute Gasteiger partial charge is 0.386 e. The minimum absolute atomic E-state index is 0. The van der Waals surface area contributed by atoms with Crippen LogP contribution in [0, 0.1) is 13.5 Å². The molecule has 0 radical (unpaired) electrons. The standard InChI is InChI=1S/C6H8NS.Cs/c1-5-2-3-6(4-7)8-5;/h2-4H,7H2,1H3;/q-1;+1. The topological polar surface area (TPSA) is 26.0 Å². The van der Waals surface area contributed by atoms with Gasteiger partial charge in [0.15, 0.2) is 0 Å². The maximum Gasteiger partial charge on any atom is 1.00 e. The van der Waals surface area contributed by atoms with Crippen LogP contribution in [0.4, 0.5) is 0 Å². The quantitative estimate of drug-likeness (QED) is 0.612. The van der Waals surface area contributed by atoms with E-state index < -0.39 is 0 Å². The number of aryl methyl sites for hydroxylation is 1. The van der Waals surface area contributed by atoms with Crippen LogP contribution in [0.3, 0.4) is 0 Å². The largest absolute Gasteiger partial charge is 1.00 e. The summed E-state index contributed by atoms with van der Waals surface area (Å²) in [5.74, 6) is 0. The Morgan fingerprint density at radius 1 is 1.56 bits per heavy atom. The Labute approximate surface area is 118 Å². The maximum atomic E-state index is 5.25. The van der Waals surface area contributed by atoms with Gasteiger partial charge in [-0.3, -0.25) is 0 Å². The van der Waals surface area contributed by atoms with Crippen molar-refractivity contribution in [2.75, 3.05) is 0 Å². The zero-order chi connectivity index (χ0) is 5.98. The van der Waals surface area contributed by atoms with E-state index in [9.17, 15) is 0 Å². The van der Waals surface area contributed by atoms with Gasteiger partial charge in [0.2, 0.25) is 0 Å². The van der Waals surface area contributed by atoms with E-state index in [2.05, 4.69) is 13.0 Å². The second-order valence-corrected chi connectivity index (χ2v) is 2.93. The summed E-state index contributed by atoms with van der Waals surface area (Å²) < 4.78 is 0. The van der Waals surface area contributed by atoms with Crippen LogP contribution >= 0.6 is 11.3 Å². The van der Waals surface area contributed by atoms with E-state index in [4.69, 9.17) is 5.73 Å². The summed E-state index contributed by atoms with van der Waals surface area (Å²) in [4.78, 5) is 2.45. The Morgan fingerprint density at radius 3 is 2.44 bits per heavy atom. The molecule has 9 heavy (non-hydrogen) atoms. The Bertz CT molecular complexity index is 173. The van der Waals surface area contributed by atoms with Crippen molar-refractivity contribution in [2.24, 2.45) is 5.73 Å². The van der Waals surface area contributed by atoms with Gasteiger partial charge in [0, 0.05) is 0 Å². The van der Waals surface area contributed by atoms with Gasteiger partial charge in [-0.05, 0) is 11.8 Å². The van der Waals surface area contributed by atoms with E-state index in [0.29, 0.717) is 0 Å². The van der Waals surface area contributed by atoms with Gasteiger partial charge < -0.3 is 5.73 Å². The fraction of sp³-hybridized carbons (Fsp3) is 0.167. The molecule has 0 bridgehead atoms. The van der Waals surface area contributed by atoms with Crippen LogP contribution in [0.2, 0.25) is 0 Å². The minimum atomic E-state index is 0. The first-order chi connectivity index (χ1) is 3.83. The van der Waals surface area contributed by atoms with Gasteiger partial charge in [0.1, 0.15) is 0 Å². The molecule has 0 saturated heterocycles. The van der Waals surface area contributed by atoms with Gasteiger partial charge in [-0.25, -0.2) is 0 Å². The van der Waals surface area contributed by atoms with Gasteiger partial charge >= 0.3 is 68.9 Å². The summed E-state index contributed by atoms with van der Waals surface area (Å²) in [7, 11) is 0. The molecule has 0 aliphatic heterocycles. The molecule has 0 saturated carbocycles. The van der Waals surface area contributed by atoms with E-state index in [1.165, 1.54) is 4.88 Å². The van der Waals surface area contributed by atoms with E-state index in [1.54, 1.807) is 17.9 Å². The molecule has 1 rings (SSSR count). The van der Waals surface area contributed by atoms with Crippen molar-refractivity contribution in [2.45, 2.75) is 6.92 Å². The first kappa shape index (κ1) is 10.6. The van der Waals surface area contributed by atoms with Gasteiger partial charge in [-0.15, -0.1) is 10.9 Å². The molecule has 0 spiro atoms. The molecule has 0 unspecified atom stereocenters. The predicted octanol–water partition coefficient (Wildman–Crippen LogP) is -1.47. The molecule has 0 fully saturated rings. The summed E-state index contributed by atoms with van der Waals surface area (Å²) in [6.07, 6.45) is 0. The number of hydrogen-bond donors (Lipinski definition) is 1. The van der Waals surface area contributed by atoms with Crippen LogP contribution < -0.4 is 74.6 Å². The zero-order valence-electron chi connectivity index (χ0n) is 5.72. The van der Waals surface area contributed by atoms with E-state index in [0.717, 1.165) is 4.88 Å². The summed E-state index contributed by atoms with van der Waals surface area (Å²) >= 11 is 1.71. The second kappa shape index (κ2) is 5.26. The molecule has 44 valence electrons. The molecule has 3 heteroatoms. The van der Waals surface area contributed by atoms with Crippen molar-refractivity contribution < 1.29 is 68.9 Å². The predicted molar refractivity (Wildman–Crippen MR) is 36.6 cm³/mol. The molecule has 0 amide bonds. The van der Waals surface area contributed by atoms with Crippen LogP contribution in [0.1, 0.15) is 9.75 Å². The summed E-state index contributed by atoms with van der Waals surface area (Å²) in [6.45, 7) is 3.69. The van der Waals surface area contributed by atoms with E-state index >= 15 is 0 Å². The first-order valence-electron chi connectivity index (χ1n) is 2.44. The molecule has 1 heterocycles. The normalized spacial score (nSPS) is 8.22. The van der Waals surface area contributed by atoms with E-state index in [1.807, 2.05) is 6.07 Å². The molecule has 1 nitrogen and oxygen atoms in total. The Morgan fingerprint density at radius 2 is 2.22 bits per heavy atom.